The number of amides is 2. The summed E-state index contributed by atoms with van der Waals surface area (Å²) < 4.78 is 1.76. The Kier molecular flexibility index (Phi) is 5.21. The van der Waals surface area contributed by atoms with Gasteiger partial charge in [-0.2, -0.15) is 5.10 Å². The summed E-state index contributed by atoms with van der Waals surface area (Å²) in [6.45, 7) is 6.84. The van der Waals surface area contributed by atoms with Crippen molar-refractivity contribution in [2.24, 2.45) is 5.92 Å². The summed E-state index contributed by atoms with van der Waals surface area (Å²) in [6.07, 6.45) is 7.11. The van der Waals surface area contributed by atoms with Gasteiger partial charge < -0.3 is 9.80 Å². The Bertz CT molecular complexity index is 590. The monoisotopic (exact) mass is 332 g/mol. The van der Waals surface area contributed by atoms with Crippen LogP contribution in [-0.4, -0.2) is 57.1 Å². The summed E-state index contributed by atoms with van der Waals surface area (Å²) in [6, 6.07) is 2.17. The van der Waals surface area contributed by atoms with Gasteiger partial charge >= 0.3 is 0 Å². The molecule has 0 aromatic carbocycles. The van der Waals surface area contributed by atoms with E-state index in [4.69, 9.17) is 0 Å². The molecular formula is C18H28N4O2. The second-order valence-corrected chi connectivity index (χ2v) is 6.94. The molecule has 2 fully saturated rings. The SMILES string of the molecule is CCn1nccc1C(=O)N1CCC([C@@H]2CCCCN2C(C)=O)CC1. The second kappa shape index (κ2) is 7.36. The van der Waals surface area contributed by atoms with Gasteiger partial charge in [0.1, 0.15) is 5.69 Å². The molecule has 6 nitrogen and oxygen atoms in total. The molecule has 0 aliphatic carbocycles. The van der Waals surface area contributed by atoms with E-state index in [9.17, 15) is 9.59 Å². The van der Waals surface area contributed by atoms with Crippen LogP contribution in [0.2, 0.25) is 0 Å². The Balaban J connectivity index is 1.61. The minimum atomic E-state index is 0.0832. The van der Waals surface area contributed by atoms with Crippen LogP contribution in [-0.2, 0) is 11.3 Å². The van der Waals surface area contributed by atoms with Crippen LogP contribution in [0.4, 0.5) is 0 Å². The first-order valence-electron chi connectivity index (χ1n) is 9.20. The van der Waals surface area contributed by atoms with E-state index in [1.165, 1.54) is 6.42 Å². The molecule has 0 N–H and O–H groups in total. The third-order valence-electron chi connectivity index (χ3n) is 5.56. The Morgan fingerprint density at radius 3 is 2.58 bits per heavy atom. The fourth-order valence-electron chi connectivity index (χ4n) is 4.25. The smallest absolute Gasteiger partial charge is 0.272 e. The zero-order valence-electron chi connectivity index (χ0n) is 14.8. The summed E-state index contributed by atoms with van der Waals surface area (Å²) in [5.41, 5.74) is 0.680. The van der Waals surface area contributed by atoms with Gasteiger partial charge in [0, 0.05) is 45.3 Å². The lowest BCUT2D eigenvalue weighted by Gasteiger charge is -2.43. The molecule has 0 spiro atoms. The van der Waals surface area contributed by atoms with Crippen molar-refractivity contribution in [2.45, 2.75) is 58.5 Å². The van der Waals surface area contributed by atoms with E-state index in [-0.39, 0.29) is 11.8 Å². The van der Waals surface area contributed by atoms with Crippen molar-refractivity contribution in [3.63, 3.8) is 0 Å². The molecule has 0 unspecified atom stereocenters. The summed E-state index contributed by atoms with van der Waals surface area (Å²) in [5.74, 6) is 0.805. The molecule has 3 heterocycles. The molecule has 1 aromatic heterocycles. The number of hydrogen-bond acceptors (Lipinski definition) is 3. The highest BCUT2D eigenvalue weighted by Crippen LogP contribution is 2.31. The van der Waals surface area contributed by atoms with E-state index in [0.717, 1.165) is 45.3 Å². The fraction of sp³-hybridized carbons (Fsp3) is 0.722. The van der Waals surface area contributed by atoms with Crippen molar-refractivity contribution in [2.75, 3.05) is 19.6 Å². The first-order valence-corrected chi connectivity index (χ1v) is 9.20. The Morgan fingerprint density at radius 1 is 1.17 bits per heavy atom. The summed E-state index contributed by atoms with van der Waals surface area (Å²) in [4.78, 5) is 28.6. The van der Waals surface area contributed by atoms with Crippen molar-refractivity contribution in [1.29, 1.82) is 0 Å². The Hall–Kier alpha value is -1.85. The highest BCUT2D eigenvalue weighted by molar-refractivity contribution is 5.92. The lowest BCUT2D eigenvalue weighted by molar-refractivity contribution is -0.134. The molecule has 0 radical (unpaired) electrons. The minimum Gasteiger partial charge on any atom is -0.340 e. The maximum Gasteiger partial charge on any atom is 0.272 e. The number of aromatic nitrogens is 2. The molecule has 2 amide bonds. The largest absolute Gasteiger partial charge is 0.340 e. The average molecular weight is 332 g/mol. The highest BCUT2D eigenvalue weighted by atomic mass is 16.2. The molecule has 24 heavy (non-hydrogen) atoms. The normalized spacial score (nSPS) is 22.7. The van der Waals surface area contributed by atoms with Crippen molar-refractivity contribution in [3.05, 3.63) is 18.0 Å². The van der Waals surface area contributed by atoms with Gasteiger partial charge in [0.15, 0.2) is 0 Å². The van der Waals surface area contributed by atoms with Gasteiger partial charge in [-0.15, -0.1) is 0 Å². The molecule has 1 atom stereocenters. The number of carbonyl (C=O) groups is 2. The van der Waals surface area contributed by atoms with E-state index < -0.39 is 0 Å². The number of piperidine rings is 2. The van der Waals surface area contributed by atoms with E-state index in [1.807, 2.05) is 11.8 Å². The second-order valence-electron chi connectivity index (χ2n) is 6.94. The van der Waals surface area contributed by atoms with Gasteiger partial charge in [0.25, 0.3) is 5.91 Å². The van der Waals surface area contributed by atoms with Gasteiger partial charge in [-0.3, -0.25) is 14.3 Å². The van der Waals surface area contributed by atoms with Crippen molar-refractivity contribution in [3.8, 4) is 0 Å². The molecule has 0 saturated carbocycles. The van der Waals surface area contributed by atoms with Gasteiger partial charge in [-0.1, -0.05) is 0 Å². The molecular weight excluding hydrogens is 304 g/mol. The van der Waals surface area contributed by atoms with Gasteiger partial charge in [-0.05, 0) is 51.0 Å². The predicted molar refractivity (Wildman–Crippen MR) is 91.6 cm³/mol. The van der Waals surface area contributed by atoms with Gasteiger partial charge in [0.05, 0.1) is 0 Å². The van der Waals surface area contributed by atoms with Crippen LogP contribution >= 0.6 is 0 Å². The summed E-state index contributed by atoms with van der Waals surface area (Å²) in [7, 11) is 0. The molecule has 6 heteroatoms. The van der Waals surface area contributed by atoms with E-state index in [2.05, 4.69) is 10.00 Å². The first-order chi connectivity index (χ1) is 11.6. The number of carbonyl (C=O) groups excluding carboxylic acids is 2. The molecule has 132 valence electrons. The topological polar surface area (TPSA) is 58.4 Å². The molecule has 2 aliphatic heterocycles. The van der Waals surface area contributed by atoms with Crippen LogP contribution in [0, 0.1) is 5.92 Å². The number of hydrogen-bond donors (Lipinski definition) is 0. The van der Waals surface area contributed by atoms with Crippen molar-refractivity contribution >= 4 is 11.8 Å². The standard InChI is InChI=1S/C18H28N4O2/c1-3-22-17(7-10-19-22)18(24)20-12-8-15(9-13-20)16-6-4-5-11-21(16)14(2)23/h7,10,15-16H,3-6,8-9,11-13H2,1-2H3/t16-/m0/s1. The zero-order valence-corrected chi connectivity index (χ0v) is 14.8. The molecule has 3 rings (SSSR count). The van der Waals surface area contributed by atoms with Crippen LogP contribution in [0.3, 0.4) is 0 Å². The van der Waals surface area contributed by atoms with Crippen LogP contribution in [0.5, 0.6) is 0 Å². The number of nitrogens with zero attached hydrogens (tertiary/aromatic N) is 4. The van der Waals surface area contributed by atoms with Crippen molar-refractivity contribution < 1.29 is 9.59 Å². The van der Waals surface area contributed by atoms with E-state index >= 15 is 0 Å². The zero-order chi connectivity index (χ0) is 17.1. The lowest BCUT2D eigenvalue weighted by Crippen LogP contribution is -2.50. The average Bonchev–Trinajstić information content (AvgIpc) is 3.10. The number of likely N-dealkylation sites (tertiary alicyclic amines) is 2. The summed E-state index contributed by atoms with van der Waals surface area (Å²) >= 11 is 0. The predicted octanol–water partition coefficient (Wildman–Crippen LogP) is 2.16. The molecule has 2 aliphatic rings. The van der Waals surface area contributed by atoms with E-state index in [0.29, 0.717) is 24.2 Å². The van der Waals surface area contributed by atoms with Crippen LogP contribution < -0.4 is 0 Å². The van der Waals surface area contributed by atoms with Crippen LogP contribution in [0.1, 0.15) is 56.4 Å². The van der Waals surface area contributed by atoms with E-state index in [1.54, 1.807) is 23.9 Å². The quantitative estimate of drug-likeness (QED) is 0.852. The number of aryl methyl sites for hydroxylation is 1. The molecule has 1 aromatic rings. The van der Waals surface area contributed by atoms with Crippen molar-refractivity contribution in [1.82, 2.24) is 19.6 Å². The third-order valence-corrected chi connectivity index (χ3v) is 5.56. The van der Waals surface area contributed by atoms with Gasteiger partial charge in [-0.25, -0.2) is 0 Å². The maximum atomic E-state index is 12.7. The molecule has 2 saturated heterocycles. The highest BCUT2D eigenvalue weighted by Gasteiger charge is 2.34. The van der Waals surface area contributed by atoms with Gasteiger partial charge in [0.2, 0.25) is 5.91 Å². The Morgan fingerprint density at radius 2 is 1.92 bits per heavy atom. The summed E-state index contributed by atoms with van der Waals surface area (Å²) in [5, 5.41) is 4.19. The van der Waals surface area contributed by atoms with Crippen LogP contribution in [0.15, 0.2) is 12.3 Å². The fourth-order valence-corrected chi connectivity index (χ4v) is 4.25. The first kappa shape index (κ1) is 17.0. The molecule has 0 bridgehead atoms. The minimum absolute atomic E-state index is 0.0832. The number of rotatable bonds is 3. The Labute approximate surface area is 143 Å². The van der Waals surface area contributed by atoms with Crippen LogP contribution in [0.25, 0.3) is 0 Å². The lowest BCUT2D eigenvalue weighted by atomic mass is 9.83. The third kappa shape index (κ3) is 3.32. The maximum absolute atomic E-state index is 12.7.